The lowest BCUT2D eigenvalue weighted by Crippen LogP contribution is -2.43. The predicted octanol–water partition coefficient (Wildman–Crippen LogP) is -0.493. The smallest absolute Gasteiger partial charge is 0.377 e. The van der Waals surface area contributed by atoms with Crippen molar-refractivity contribution in [2.24, 2.45) is 0 Å². The van der Waals surface area contributed by atoms with Gasteiger partial charge in [0, 0.05) is 40.8 Å². The Bertz CT molecular complexity index is 263. The zero-order valence-electron chi connectivity index (χ0n) is 11.4. The highest BCUT2D eigenvalue weighted by molar-refractivity contribution is 6.60. The second-order valence-electron chi connectivity index (χ2n) is 3.66. The van der Waals surface area contributed by atoms with E-state index in [9.17, 15) is 9.59 Å². The minimum atomic E-state index is -2.55. The molecular weight excluding hydrogens is 256 g/mol. The fourth-order valence-electron chi connectivity index (χ4n) is 1.36. The van der Waals surface area contributed by atoms with Crippen LogP contribution >= 0.6 is 0 Å². The minimum absolute atomic E-state index is 0.00324. The largest absolute Gasteiger partial charge is 0.500 e. The lowest BCUT2D eigenvalue weighted by Gasteiger charge is -2.24. The summed E-state index contributed by atoms with van der Waals surface area (Å²) in [6, 6.07) is 0.622. The van der Waals surface area contributed by atoms with Crippen molar-refractivity contribution in [3.63, 3.8) is 0 Å². The molecule has 2 amide bonds. The molecule has 0 fully saturated rings. The Morgan fingerprint density at radius 3 is 2.06 bits per heavy atom. The molecule has 0 atom stereocenters. The molecule has 8 heteroatoms. The van der Waals surface area contributed by atoms with Crippen molar-refractivity contribution in [1.29, 1.82) is 0 Å². The third-order valence-electron chi connectivity index (χ3n) is 2.41. The molecule has 0 unspecified atom stereocenters. The molecule has 0 aliphatic heterocycles. The van der Waals surface area contributed by atoms with E-state index in [0.717, 1.165) is 0 Å². The summed E-state index contributed by atoms with van der Waals surface area (Å²) in [5.74, 6) is -0.445. The third kappa shape index (κ3) is 6.69. The SMILES string of the molecule is CO[Si](CCCNC(=O)CNC(C)=O)(OC)OC. The summed E-state index contributed by atoms with van der Waals surface area (Å²) in [6.07, 6.45) is 0.688. The molecule has 0 aromatic carbocycles. The van der Waals surface area contributed by atoms with Gasteiger partial charge in [0.1, 0.15) is 0 Å². The highest BCUT2D eigenvalue weighted by Crippen LogP contribution is 2.14. The number of hydrogen-bond donors (Lipinski definition) is 2. The van der Waals surface area contributed by atoms with E-state index in [0.29, 0.717) is 19.0 Å². The summed E-state index contributed by atoms with van der Waals surface area (Å²) in [6.45, 7) is 1.85. The van der Waals surface area contributed by atoms with Gasteiger partial charge in [-0.1, -0.05) is 0 Å². The Kier molecular flexibility index (Phi) is 8.55. The Hall–Kier alpha value is -0.963. The van der Waals surface area contributed by atoms with Crippen molar-refractivity contribution in [3.8, 4) is 0 Å². The Morgan fingerprint density at radius 1 is 1.06 bits per heavy atom. The van der Waals surface area contributed by atoms with Crippen LogP contribution in [-0.2, 0) is 22.9 Å². The number of carbonyl (C=O) groups excluding carboxylic acids is 2. The van der Waals surface area contributed by atoms with Crippen molar-refractivity contribution < 1.29 is 22.9 Å². The molecule has 0 aliphatic carbocycles. The standard InChI is InChI=1S/C10H22N2O5Si/c1-9(13)12-8-10(14)11-6-5-7-18(15-2,16-3)17-4/h5-8H2,1-4H3,(H,11,14)(H,12,13). The van der Waals surface area contributed by atoms with E-state index >= 15 is 0 Å². The van der Waals surface area contributed by atoms with Crippen LogP contribution in [0.3, 0.4) is 0 Å². The second kappa shape index (κ2) is 9.03. The van der Waals surface area contributed by atoms with Crippen molar-refractivity contribution >= 4 is 20.6 Å². The van der Waals surface area contributed by atoms with Crippen LogP contribution in [0.15, 0.2) is 0 Å². The first-order valence-electron chi connectivity index (χ1n) is 5.66. The van der Waals surface area contributed by atoms with E-state index in [1.807, 2.05) is 0 Å². The first-order chi connectivity index (χ1) is 8.49. The van der Waals surface area contributed by atoms with E-state index in [2.05, 4.69) is 10.6 Å². The second-order valence-corrected chi connectivity index (χ2v) is 6.75. The van der Waals surface area contributed by atoms with Gasteiger partial charge in [0.2, 0.25) is 11.8 Å². The van der Waals surface area contributed by atoms with Crippen LogP contribution in [0.2, 0.25) is 6.04 Å². The van der Waals surface area contributed by atoms with Crippen LogP contribution in [0.1, 0.15) is 13.3 Å². The maximum Gasteiger partial charge on any atom is 0.500 e. The summed E-state index contributed by atoms with van der Waals surface area (Å²) < 4.78 is 15.7. The maximum absolute atomic E-state index is 11.3. The average molecular weight is 278 g/mol. The first-order valence-corrected chi connectivity index (χ1v) is 7.59. The number of hydrogen-bond acceptors (Lipinski definition) is 5. The quantitative estimate of drug-likeness (QED) is 0.439. The van der Waals surface area contributed by atoms with Crippen molar-refractivity contribution in [3.05, 3.63) is 0 Å². The zero-order chi connectivity index (χ0) is 14.0. The number of amides is 2. The summed E-state index contributed by atoms with van der Waals surface area (Å²) >= 11 is 0. The molecule has 0 spiro atoms. The number of rotatable bonds is 9. The summed E-state index contributed by atoms with van der Waals surface area (Å²) in [5.41, 5.74) is 0. The Balaban J connectivity index is 3.78. The molecule has 0 bridgehead atoms. The van der Waals surface area contributed by atoms with Gasteiger partial charge in [-0.15, -0.1) is 0 Å². The van der Waals surface area contributed by atoms with E-state index in [1.165, 1.54) is 6.92 Å². The molecule has 0 heterocycles. The molecule has 2 N–H and O–H groups in total. The predicted molar refractivity (Wildman–Crippen MR) is 67.9 cm³/mol. The van der Waals surface area contributed by atoms with Gasteiger partial charge in [-0.05, 0) is 6.42 Å². The fourth-order valence-corrected chi connectivity index (χ4v) is 3.08. The molecular formula is C10H22N2O5Si. The van der Waals surface area contributed by atoms with Crippen LogP contribution in [0.4, 0.5) is 0 Å². The van der Waals surface area contributed by atoms with Crippen LogP contribution in [0.5, 0.6) is 0 Å². The molecule has 0 aliphatic rings. The summed E-state index contributed by atoms with van der Waals surface area (Å²) in [4.78, 5) is 21.9. The van der Waals surface area contributed by atoms with E-state index in [1.54, 1.807) is 21.3 Å². The minimum Gasteiger partial charge on any atom is -0.377 e. The van der Waals surface area contributed by atoms with Gasteiger partial charge < -0.3 is 23.9 Å². The average Bonchev–Trinajstić information content (AvgIpc) is 2.37. The number of carbonyl (C=O) groups is 2. The maximum atomic E-state index is 11.3. The molecule has 0 aromatic rings. The summed E-state index contributed by atoms with van der Waals surface area (Å²) in [7, 11) is 2.10. The van der Waals surface area contributed by atoms with Gasteiger partial charge in [-0.2, -0.15) is 0 Å². The molecule has 0 saturated heterocycles. The van der Waals surface area contributed by atoms with Crippen LogP contribution in [-0.4, -0.2) is 55.0 Å². The van der Waals surface area contributed by atoms with Gasteiger partial charge in [0.15, 0.2) is 0 Å². The topological polar surface area (TPSA) is 85.9 Å². The van der Waals surface area contributed by atoms with Crippen LogP contribution in [0, 0.1) is 0 Å². The van der Waals surface area contributed by atoms with Crippen molar-refractivity contribution in [2.75, 3.05) is 34.4 Å². The van der Waals surface area contributed by atoms with Gasteiger partial charge >= 0.3 is 8.80 Å². The zero-order valence-corrected chi connectivity index (χ0v) is 12.4. The monoisotopic (exact) mass is 278 g/mol. The highest BCUT2D eigenvalue weighted by atomic mass is 28.4. The van der Waals surface area contributed by atoms with E-state index in [-0.39, 0.29) is 18.4 Å². The van der Waals surface area contributed by atoms with Gasteiger partial charge in [0.25, 0.3) is 0 Å². The molecule has 106 valence electrons. The van der Waals surface area contributed by atoms with Crippen LogP contribution < -0.4 is 10.6 Å². The molecule has 0 rings (SSSR count). The third-order valence-corrected chi connectivity index (χ3v) is 5.24. The summed E-state index contributed by atoms with van der Waals surface area (Å²) in [5, 5.41) is 5.10. The first kappa shape index (κ1) is 17.0. The molecule has 0 aromatic heterocycles. The molecule has 0 radical (unpaired) electrons. The van der Waals surface area contributed by atoms with Crippen molar-refractivity contribution in [2.45, 2.75) is 19.4 Å². The highest BCUT2D eigenvalue weighted by Gasteiger charge is 2.36. The van der Waals surface area contributed by atoms with E-state index < -0.39 is 8.80 Å². The Labute approximate surface area is 109 Å². The van der Waals surface area contributed by atoms with Gasteiger partial charge in [-0.25, -0.2) is 0 Å². The molecule has 0 saturated carbocycles. The molecule has 7 nitrogen and oxygen atoms in total. The lowest BCUT2D eigenvalue weighted by molar-refractivity contribution is -0.125. The fraction of sp³-hybridized carbons (Fsp3) is 0.800. The number of nitrogens with one attached hydrogen (secondary N) is 2. The Morgan fingerprint density at radius 2 is 1.61 bits per heavy atom. The van der Waals surface area contributed by atoms with Crippen molar-refractivity contribution in [1.82, 2.24) is 10.6 Å². The van der Waals surface area contributed by atoms with E-state index in [4.69, 9.17) is 13.3 Å². The normalized spacial score (nSPS) is 11.1. The van der Waals surface area contributed by atoms with Gasteiger partial charge in [-0.3, -0.25) is 9.59 Å². The van der Waals surface area contributed by atoms with Crippen LogP contribution in [0.25, 0.3) is 0 Å². The van der Waals surface area contributed by atoms with Gasteiger partial charge in [0.05, 0.1) is 6.54 Å². The lowest BCUT2D eigenvalue weighted by atomic mass is 10.4. The molecule has 18 heavy (non-hydrogen) atoms.